The summed E-state index contributed by atoms with van der Waals surface area (Å²) in [7, 11) is 3.04. The monoisotopic (exact) mass is 415 g/mol. The van der Waals surface area contributed by atoms with Gasteiger partial charge in [0.05, 0.1) is 37.7 Å². The second kappa shape index (κ2) is 8.71. The first-order chi connectivity index (χ1) is 15.1. The number of hydrogen-bond acceptors (Lipinski definition) is 6. The first kappa shape index (κ1) is 20.2. The maximum Gasteiger partial charge on any atom is 0.265 e. The number of hydrogen-bond donors (Lipinski definition) is 1. The molecule has 156 valence electrons. The van der Waals surface area contributed by atoms with E-state index in [1.165, 1.54) is 18.8 Å². The maximum absolute atomic E-state index is 13.3. The van der Waals surface area contributed by atoms with Crippen LogP contribution in [0.5, 0.6) is 17.4 Å². The topological polar surface area (TPSA) is 85.9 Å². The summed E-state index contributed by atoms with van der Waals surface area (Å²) in [4.78, 5) is 22.0. The molecule has 2 heterocycles. The molecule has 31 heavy (non-hydrogen) atoms. The molecule has 0 bridgehead atoms. The van der Waals surface area contributed by atoms with Gasteiger partial charge in [-0.1, -0.05) is 24.3 Å². The van der Waals surface area contributed by atoms with Gasteiger partial charge in [0.2, 0.25) is 5.88 Å². The Morgan fingerprint density at radius 1 is 1.03 bits per heavy atom. The molecule has 0 aliphatic heterocycles. The van der Waals surface area contributed by atoms with Crippen molar-refractivity contribution in [1.82, 2.24) is 9.55 Å². The predicted molar refractivity (Wildman–Crippen MR) is 120 cm³/mol. The van der Waals surface area contributed by atoms with Crippen LogP contribution in [-0.4, -0.2) is 35.1 Å². The summed E-state index contributed by atoms with van der Waals surface area (Å²) in [5, 5.41) is 12.2. The molecule has 0 amide bonds. The van der Waals surface area contributed by atoms with Crippen molar-refractivity contribution in [3.05, 3.63) is 88.5 Å². The van der Waals surface area contributed by atoms with Crippen LogP contribution < -0.4 is 15.0 Å². The van der Waals surface area contributed by atoms with Gasteiger partial charge in [0.1, 0.15) is 11.5 Å². The molecule has 2 aromatic carbocycles. The van der Waals surface area contributed by atoms with Crippen LogP contribution in [0.4, 0.5) is 0 Å². The summed E-state index contributed by atoms with van der Waals surface area (Å²) in [6.07, 6.45) is 3.27. The number of benzene rings is 2. The molecule has 0 aliphatic carbocycles. The first-order valence-corrected chi connectivity index (χ1v) is 9.63. The summed E-state index contributed by atoms with van der Waals surface area (Å²) in [6, 6.07) is 17.7. The van der Waals surface area contributed by atoms with Crippen molar-refractivity contribution in [1.29, 1.82) is 0 Å². The molecule has 0 unspecified atom stereocenters. The molecule has 0 radical (unpaired) electrons. The van der Waals surface area contributed by atoms with E-state index in [4.69, 9.17) is 9.47 Å². The van der Waals surface area contributed by atoms with E-state index in [0.29, 0.717) is 40.1 Å². The third-order valence-electron chi connectivity index (χ3n) is 4.93. The number of methoxy groups -OCH3 is 2. The molecule has 0 spiro atoms. The Balaban J connectivity index is 1.93. The van der Waals surface area contributed by atoms with Crippen molar-refractivity contribution < 1.29 is 14.6 Å². The minimum absolute atomic E-state index is 0.236. The highest BCUT2D eigenvalue weighted by molar-refractivity contribution is 6.01. The van der Waals surface area contributed by atoms with Crippen LogP contribution in [0.2, 0.25) is 0 Å². The molecule has 4 aromatic rings. The van der Waals surface area contributed by atoms with Gasteiger partial charge in [-0.25, -0.2) is 4.57 Å². The van der Waals surface area contributed by atoms with E-state index < -0.39 is 0 Å². The van der Waals surface area contributed by atoms with Crippen LogP contribution in [0.3, 0.4) is 0 Å². The summed E-state index contributed by atoms with van der Waals surface area (Å²) >= 11 is 0. The smallest absolute Gasteiger partial charge is 0.265 e. The van der Waals surface area contributed by atoms with Gasteiger partial charge in [-0.15, -0.1) is 0 Å². The Labute approximate surface area is 178 Å². The molecule has 0 saturated heterocycles. The van der Waals surface area contributed by atoms with Crippen molar-refractivity contribution in [2.75, 3.05) is 14.2 Å². The van der Waals surface area contributed by atoms with E-state index in [1.807, 2.05) is 24.3 Å². The number of pyridine rings is 2. The van der Waals surface area contributed by atoms with Gasteiger partial charge in [0.15, 0.2) is 0 Å². The Kier molecular flexibility index (Phi) is 5.66. The zero-order valence-electron chi connectivity index (χ0n) is 17.1. The SMILES string of the molecule is COc1ccc(OC)c(-n2c(O)c(C=NCc3ccccn3)c3ccccc3c2=O)c1. The number of ether oxygens (including phenoxy) is 2. The molecule has 4 rings (SSSR count). The zero-order chi connectivity index (χ0) is 21.8. The fourth-order valence-corrected chi connectivity index (χ4v) is 3.41. The lowest BCUT2D eigenvalue weighted by Gasteiger charge is -2.17. The lowest BCUT2D eigenvalue weighted by molar-refractivity contribution is 0.395. The Morgan fingerprint density at radius 2 is 1.81 bits per heavy atom. The van der Waals surface area contributed by atoms with Crippen LogP contribution in [0, 0.1) is 0 Å². The third kappa shape index (κ3) is 3.85. The standard InChI is InChI=1S/C24H21N3O4/c1-30-17-10-11-22(31-2)21(13-17)27-23(28)19-9-4-3-8-18(19)20(24(27)29)15-25-14-16-7-5-6-12-26-16/h3-13,15,29H,14H2,1-2H3. The highest BCUT2D eigenvalue weighted by atomic mass is 16.5. The molecule has 7 nitrogen and oxygen atoms in total. The van der Waals surface area contributed by atoms with Gasteiger partial charge >= 0.3 is 0 Å². The summed E-state index contributed by atoms with van der Waals surface area (Å²) < 4.78 is 11.9. The average molecular weight is 415 g/mol. The number of rotatable bonds is 6. The molecule has 7 heteroatoms. The Bertz CT molecular complexity index is 1310. The van der Waals surface area contributed by atoms with Crippen molar-refractivity contribution in [2.45, 2.75) is 6.54 Å². The van der Waals surface area contributed by atoms with Crippen molar-refractivity contribution >= 4 is 17.0 Å². The molecule has 1 N–H and O–H groups in total. The van der Waals surface area contributed by atoms with Crippen LogP contribution in [0.25, 0.3) is 16.5 Å². The van der Waals surface area contributed by atoms with Gasteiger partial charge in [-0.3, -0.25) is 14.8 Å². The normalized spacial score (nSPS) is 11.2. The van der Waals surface area contributed by atoms with E-state index in [0.717, 1.165) is 5.69 Å². The first-order valence-electron chi connectivity index (χ1n) is 9.63. The van der Waals surface area contributed by atoms with E-state index in [2.05, 4.69) is 9.98 Å². The summed E-state index contributed by atoms with van der Waals surface area (Å²) in [5.74, 6) is 0.713. The molecule has 0 aliphatic rings. The van der Waals surface area contributed by atoms with Crippen molar-refractivity contribution in [2.24, 2.45) is 4.99 Å². The van der Waals surface area contributed by atoms with E-state index in [9.17, 15) is 9.90 Å². The predicted octanol–water partition coefficient (Wildman–Crippen LogP) is 3.73. The summed E-state index contributed by atoms with van der Waals surface area (Å²) in [6.45, 7) is 0.343. The van der Waals surface area contributed by atoms with E-state index in [1.54, 1.807) is 48.8 Å². The quantitative estimate of drug-likeness (QED) is 0.485. The lowest BCUT2D eigenvalue weighted by Crippen LogP contribution is -2.20. The third-order valence-corrected chi connectivity index (χ3v) is 4.93. The number of nitrogens with zero attached hydrogens (tertiary/aromatic N) is 3. The van der Waals surface area contributed by atoms with E-state index >= 15 is 0 Å². The van der Waals surface area contributed by atoms with Gasteiger partial charge < -0.3 is 14.6 Å². The largest absolute Gasteiger partial charge is 0.497 e. The number of fused-ring (bicyclic) bond motifs is 1. The van der Waals surface area contributed by atoms with Gasteiger partial charge in [0, 0.05) is 29.3 Å². The molecular formula is C24H21N3O4. The van der Waals surface area contributed by atoms with Gasteiger partial charge in [-0.05, 0) is 30.3 Å². The Hall–Kier alpha value is -4.13. The molecule has 2 aromatic heterocycles. The maximum atomic E-state index is 13.3. The van der Waals surface area contributed by atoms with Crippen LogP contribution in [0.1, 0.15) is 11.3 Å². The molecule has 0 atom stereocenters. The van der Waals surface area contributed by atoms with Gasteiger partial charge in [-0.2, -0.15) is 0 Å². The minimum atomic E-state index is -0.374. The Morgan fingerprint density at radius 3 is 2.52 bits per heavy atom. The van der Waals surface area contributed by atoms with Crippen molar-refractivity contribution in [3.8, 4) is 23.1 Å². The van der Waals surface area contributed by atoms with Crippen molar-refractivity contribution in [3.63, 3.8) is 0 Å². The van der Waals surface area contributed by atoms with Crippen LogP contribution >= 0.6 is 0 Å². The molecule has 0 fully saturated rings. The fraction of sp³-hybridized carbons (Fsp3) is 0.125. The van der Waals surface area contributed by atoms with Crippen LogP contribution in [0.15, 0.2) is 76.6 Å². The highest BCUT2D eigenvalue weighted by Crippen LogP contribution is 2.32. The highest BCUT2D eigenvalue weighted by Gasteiger charge is 2.19. The molecular weight excluding hydrogens is 394 g/mol. The zero-order valence-corrected chi connectivity index (χ0v) is 17.1. The number of aliphatic imine (C=N–C) groups is 1. The second-order valence-electron chi connectivity index (χ2n) is 6.75. The van der Waals surface area contributed by atoms with E-state index in [-0.39, 0.29) is 11.4 Å². The summed E-state index contributed by atoms with van der Waals surface area (Å²) in [5.41, 5.74) is 1.22. The second-order valence-corrected chi connectivity index (χ2v) is 6.75. The van der Waals surface area contributed by atoms with Crippen LogP contribution in [-0.2, 0) is 6.54 Å². The average Bonchev–Trinajstić information content (AvgIpc) is 2.82. The van der Waals surface area contributed by atoms with Gasteiger partial charge in [0.25, 0.3) is 5.56 Å². The lowest BCUT2D eigenvalue weighted by atomic mass is 10.1. The minimum Gasteiger partial charge on any atom is -0.497 e. The number of aromatic hydroxyl groups is 1. The number of aromatic nitrogens is 2. The molecule has 0 saturated carbocycles. The fourth-order valence-electron chi connectivity index (χ4n) is 3.41.